The van der Waals surface area contributed by atoms with E-state index in [1.165, 1.54) is 0 Å². The standard InChI is InChI=1S/C24H49N3O9Si/c1-24(2,3)36-23(31)27-20(17-25)22(30)26-18-19(8-16-37(4,5)6)35-15-14-34-13-12-33-11-10-32-9-7-21(28)29/h19-20H,7-18,25H2,1-6H3,(H,26,30)(H,27,31)(H,28,29)/t19?,20-/m1/s1. The molecule has 0 aromatic heterocycles. The zero-order chi connectivity index (χ0) is 28.3. The zero-order valence-electron chi connectivity index (χ0n) is 23.4. The van der Waals surface area contributed by atoms with Crippen LogP contribution in [0.1, 0.15) is 33.6 Å². The van der Waals surface area contributed by atoms with E-state index < -0.39 is 37.7 Å². The van der Waals surface area contributed by atoms with Crippen molar-refractivity contribution in [2.75, 3.05) is 59.3 Å². The lowest BCUT2D eigenvalue weighted by molar-refractivity contribution is -0.138. The van der Waals surface area contributed by atoms with E-state index in [0.29, 0.717) is 46.2 Å². The minimum absolute atomic E-state index is 0.0255. The number of nitrogens with one attached hydrogen (secondary N) is 2. The molecule has 0 rings (SSSR count). The highest BCUT2D eigenvalue weighted by Crippen LogP contribution is 2.14. The number of carbonyl (C=O) groups is 3. The second-order valence-corrected chi connectivity index (χ2v) is 16.4. The number of nitrogens with two attached hydrogens (primary N) is 1. The van der Waals surface area contributed by atoms with Crippen molar-refractivity contribution in [3.8, 4) is 0 Å². The molecule has 0 saturated carbocycles. The molecule has 0 bridgehead atoms. The number of hydrogen-bond donors (Lipinski definition) is 4. The summed E-state index contributed by atoms with van der Waals surface area (Å²) in [5, 5.41) is 13.9. The molecule has 0 aromatic carbocycles. The van der Waals surface area contributed by atoms with Gasteiger partial charge in [0.25, 0.3) is 0 Å². The Morgan fingerprint density at radius 1 is 0.919 bits per heavy atom. The summed E-state index contributed by atoms with van der Waals surface area (Å²) in [7, 11) is -1.31. The highest BCUT2D eigenvalue weighted by Gasteiger charge is 2.24. The van der Waals surface area contributed by atoms with E-state index in [-0.39, 0.29) is 25.7 Å². The Balaban J connectivity index is 4.33. The van der Waals surface area contributed by atoms with E-state index in [2.05, 4.69) is 30.3 Å². The van der Waals surface area contributed by atoms with Gasteiger partial charge in [-0.1, -0.05) is 25.7 Å². The predicted octanol–water partition coefficient (Wildman–Crippen LogP) is 1.59. The molecule has 37 heavy (non-hydrogen) atoms. The molecule has 13 heteroatoms. The predicted molar refractivity (Wildman–Crippen MR) is 142 cm³/mol. The molecule has 0 aromatic rings. The summed E-state index contributed by atoms with van der Waals surface area (Å²) in [6, 6.07) is 0.131. The third kappa shape index (κ3) is 23.1. The van der Waals surface area contributed by atoms with Crippen LogP contribution in [0.25, 0.3) is 0 Å². The van der Waals surface area contributed by atoms with Crippen molar-refractivity contribution in [3.63, 3.8) is 0 Å². The zero-order valence-corrected chi connectivity index (χ0v) is 24.4. The van der Waals surface area contributed by atoms with Gasteiger partial charge < -0.3 is 45.2 Å². The van der Waals surface area contributed by atoms with Crippen molar-refractivity contribution in [2.45, 2.75) is 77.0 Å². The van der Waals surface area contributed by atoms with Crippen molar-refractivity contribution >= 4 is 26.0 Å². The maximum Gasteiger partial charge on any atom is 0.408 e. The molecule has 0 fully saturated rings. The molecule has 0 spiro atoms. The minimum atomic E-state index is -1.31. The van der Waals surface area contributed by atoms with E-state index in [0.717, 1.165) is 12.5 Å². The highest BCUT2D eigenvalue weighted by molar-refractivity contribution is 6.76. The maximum atomic E-state index is 12.6. The van der Waals surface area contributed by atoms with Crippen LogP contribution < -0.4 is 16.4 Å². The lowest BCUT2D eigenvalue weighted by atomic mass is 10.2. The van der Waals surface area contributed by atoms with Crippen LogP contribution in [0.15, 0.2) is 0 Å². The molecule has 2 atom stereocenters. The van der Waals surface area contributed by atoms with Crippen LogP contribution >= 0.6 is 0 Å². The third-order valence-corrected chi connectivity index (χ3v) is 6.54. The van der Waals surface area contributed by atoms with Crippen molar-refractivity contribution in [1.29, 1.82) is 0 Å². The van der Waals surface area contributed by atoms with Gasteiger partial charge in [0.05, 0.1) is 58.8 Å². The van der Waals surface area contributed by atoms with Crippen LogP contribution in [-0.4, -0.2) is 108 Å². The highest BCUT2D eigenvalue weighted by atomic mass is 28.3. The molecule has 0 heterocycles. The number of hydrogen-bond acceptors (Lipinski definition) is 9. The van der Waals surface area contributed by atoms with Crippen molar-refractivity contribution in [1.82, 2.24) is 10.6 Å². The number of amides is 2. The smallest absolute Gasteiger partial charge is 0.408 e. The fourth-order valence-corrected chi connectivity index (χ4v) is 4.02. The Morgan fingerprint density at radius 2 is 1.46 bits per heavy atom. The van der Waals surface area contributed by atoms with E-state index in [1.54, 1.807) is 20.8 Å². The first-order chi connectivity index (χ1) is 17.2. The van der Waals surface area contributed by atoms with Gasteiger partial charge in [0, 0.05) is 21.2 Å². The van der Waals surface area contributed by atoms with Gasteiger partial charge in [-0.25, -0.2) is 4.79 Å². The average Bonchev–Trinajstić information content (AvgIpc) is 2.77. The number of ether oxygens (including phenoxy) is 5. The number of carboxylic acids is 1. The van der Waals surface area contributed by atoms with Crippen LogP contribution in [0, 0.1) is 0 Å². The Hall–Kier alpha value is -1.77. The van der Waals surface area contributed by atoms with E-state index in [4.69, 9.17) is 34.5 Å². The second kappa shape index (κ2) is 19.3. The molecule has 218 valence electrons. The molecule has 2 amide bonds. The van der Waals surface area contributed by atoms with Gasteiger partial charge in [-0.05, 0) is 27.2 Å². The van der Waals surface area contributed by atoms with Gasteiger partial charge in [0.2, 0.25) is 5.91 Å². The SMILES string of the molecule is CC(C)(C)OC(=O)N[C@H](CN)C(=O)NCC(CC[Si](C)(C)C)OCCOCCOCCOCCC(=O)O. The van der Waals surface area contributed by atoms with Gasteiger partial charge in [-0.15, -0.1) is 0 Å². The summed E-state index contributed by atoms with van der Waals surface area (Å²) in [6.07, 6.45) is -0.120. The first-order valence-corrected chi connectivity index (χ1v) is 16.5. The first-order valence-electron chi connectivity index (χ1n) is 12.8. The summed E-state index contributed by atoms with van der Waals surface area (Å²) in [5.74, 6) is -1.29. The largest absolute Gasteiger partial charge is 0.481 e. The summed E-state index contributed by atoms with van der Waals surface area (Å²) in [5.41, 5.74) is 5.01. The van der Waals surface area contributed by atoms with E-state index >= 15 is 0 Å². The van der Waals surface area contributed by atoms with Crippen molar-refractivity contribution in [3.05, 3.63) is 0 Å². The molecular formula is C24H49N3O9Si. The lowest BCUT2D eigenvalue weighted by Crippen LogP contribution is -2.53. The molecule has 0 aliphatic rings. The Labute approximate surface area is 222 Å². The monoisotopic (exact) mass is 551 g/mol. The van der Waals surface area contributed by atoms with Gasteiger partial charge in [0.1, 0.15) is 11.6 Å². The molecule has 0 saturated heterocycles. The summed E-state index contributed by atoms with van der Waals surface area (Å²) in [4.78, 5) is 35.0. The van der Waals surface area contributed by atoms with Gasteiger partial charge in [0.15, 0.2) is 0 Å². The van der Waals surface area contributed by atoms with Crippen LogP contribution in [-0.2, 0) is 33.3 Å². The van der Waals surface area contributed by atoms with Crippen molar-refractivity contribution < 1.29 is 43.2 Å². The molecule has 0 aliphatic heterocycles. The Bertz CT molecular complexity index is 654. The number of rotatable bonds is 21. The van der Waals surface area contributed by atoms with E-state index in [9.17, 15) is 14.4 Å². The van der Waals surface area contributed by atoms with Crippen molar-refractivity contribution in [2.24, 2.45) is 5.73 Å². The first kappa shape index (κ1) is 35.2. The maximum absolute atomic E-state index is 12.6. The third-order valence-electron chi connectivity index (χ3n) is 4.75. The Morgan fingerprint density at radius 3 is 1.95 bits per heavy atom. The fourth-order valence-electron chi connectivity index (χ4n) is 2.83. The number of carbonyl (C=O) groups excluding carboxylic acids is 2. The molecule has 5 N–H and O–H groups in total. The lowest BCUT2D eigenvalue weighted by Gasteiger charge is -2.25. The molecule has 1 unspecified atom stereocenters. The number of carboxylic acid groups (broad SMARTS) is 1. The van der Waals surface area contributed by atoms with Crippen LogP contribution in [0.3, 0.4) is 0 Å². The van der Waals surface area contributed by atoms with E-state index in [1.807, 2.05) is 0 Å². The van der Waals surface area contributed by atoms with Crippen LogP contribution in [0.2, 0.25) is 25.7 Å². The number of aliphatic carboxylic acids is 1. The molecule has 0 aliphatic carbocycles. The van der Waals surface area contributed by atoms with Gasteiger partial charge in [-0.3, -0.25) is 9.59 Å². The van der Waals surface area contributed by atoms with Gasteiger partial charge in [-0.2, -0.15) is 0 Å². The quantitative estimate of drug-likeness (QED) is 0.121. The van der Waals surface area contributed by atoms with Gasteiger partial charge >= 0.3 is 12.1 Å². The van der Waals surface area contributed by atoms with Crippen LogP contribution in [0.4, 0.5) is 4.79 Å². The number of alkyl carbamates (subject to hydrolysis) is 1. The molecule has 0 radical (unpaired) electrons. The molecule has 12 nitrogen and oxygen atoms in total. The summed E-state index contributed by atoms with van der Waals surface area (Å²) < 4.78 is 27.2. The summed E-state index contributed by atoms with van der Waals surface area (Å²) in [6.45, 7) is 14.7. The second-order valence-electron chi connectivity index (χ2n) is 10.8. The Kier molecular flexibility index (Phi) is 18.4. The normalized spacial score (nSPS) is 13.6. The molecular weight excluding hydrogens is 502 g/mol. The topological polar surface area (TPSA) is 168 Å². The van der Waals surface area contributed by atoms with Crippen LogP contribution in [0.5, 0.6) is 0 Å². The summed E-state index contributed by atoms with van der Waals surface area (Å²) >= 11 is 0. The fraction of sp³-hybridized carbons (Fsp3) is 0.875. The minimum Gasteiger partial charge on any atom is -0.481 e. The average molecular weight is 552 g/mol.